The summed E-state index contributed by atoms with van der Waals surface area (Å²) >= 11 is 0. The maximum atomic E-state index is 5.48. The number of imidazole rings is 1. The summed E-state index contributed by atoms with van der Waals surface area (Å²) in [5.41, 5.74) is 1.87. The van der Waals surface area contributed by atoms with Crippen LogP contribution >= 0.6 is 0 Å². The van der Waals surface area contributed by atoms with Crippen molar-refractivity contribution in [1.82, 2.24) is 14.5 Å². The maximum absolute atomic E-state index is 5.48. The van der Waals surface area contributed by atoms with Crippen molar-refractivity contribution in [3.8, 4) is 22.9 Å². The smallest absolute Gasteiger partial charge is 0.162 e. The molecule has 0 N–H and O–H groups in total. The Kier molecular flexibility index (Phi) is 6.93. The number of hydrogen-bond donors (Lipinski definition) is 0. The largest absolute Gasteiger partial charge is 0.493 e. The summed E-state index contributed by atoms with van der Waals surface area (Å²) in [6, 6.07) is 6.03. The summed E-state index contributed by atoms with van der Waals surface area (Å²) < 4.78 is 18.3. The van der Waals surface area contributed by atoms with Crippen LogP contribution in [0.5, 0.6) is 11.5 Å². The van der Waals surface area contributed by atoms with Crippen molar-refractivity contribution >= 4 is 16.7 Å². The number of fused-ring (bicyclic) bond motifs is 1. The third kappa shape index (κ3) is 4.45. The van der Waals surface area contributed by atoms with E-state index in [4.69, 9.17) is 19.2 Å². The van der Waals surface area contributed by atoms with Crippen molar-refractivity contribution in [1.29, 1.82) is 0 Å². The zero-order valence-corrected chi connectivity index (χ0v) is 17.9. The fraction of sp³-hybridized carbons (Fsp3) is 0.455. The van der Waals surface area contributed by atoms with E-state index in [1.807, 2.05) is 24.5 Å². The number of methoxy groups -OCH3 is 3. The number of ether oxygens (including phenoxy) is 3. The van der Waals surface area contributed by atoms with Crippen LogP contribution in [0, 0.1) is 0 Å². The van der Waals surface area contributed by atoms with Gasteiger partial charge in [0, 0.05) is 57.7 Å². The highest BCUT2D eigenvalue weighted by atomic mass is 16.5. The Bertz CT molecular complexity index is 955. The van der Waals surface area contributed by atoms with E-state index in [1.165, 1.54) is 0 Å². The molecule has 0 saturated carbocycles. The Morgan fingerprint density at radius 2 is 1.83 bits per heavy atom. The number of benzene rings is 1. The van der Waals surface area contributed by atoms with Crippen molar-refractivity contribution in [2.45, 2.75) is 26.3 Å². The summed E-state index contributed by atoms with van der Waals surface area (Å²) in [5.74, 6) is 3.17. The molecule has 0 aliphatic heterocycles. The van der Waals surface area contributed by atoms with Crippen molar-refractivity contribution in [3.05, 3.63) is 30.6 Å². The van der Waals surface area contributed by atoms with E-state index in [0.717, 1.165) is 54.0 Å². The van der Waals surface area contributed by atoms with Gasteiger partial charge in [-0.15, -0.1) is 0 Å². The second-order valence-corrected chi connectivity index (χ2v) is 6.97. The molecule has 0 radical (unpaired) electrons. The molecule has 0 aliphatic rings. The predicted molar refractivity (Wildman–Crippen MR) is 116 cm³/mol. The average Bonchev–Trinajstić information content (AvgIpc) is 3.20. The normalized spacial score (nSPS) is 11.1. The van der Waals surface area contributed by atoms with Gasteiger partial charge in [0.2, 0.25) is 0 Å². The van der Waals surface area contributed by atoms with Crippen LogP contribution in [0.25, 0.3) is 22.3 Å². The fourth-order valence-corrected chi connectivity index (χ4v) is 3.50. The van der Waals surface area contributed by atoms with Gasteiger partial charge in [0.1, 0.15) is 11.6 Å². The van der Waals surface area contributed by atoms with Gasteiger partial charge in [0.25, 0.3) is 0 Å². The summed E-state index contributed by atoms with van der Waals surface area (Å²) in [6.45, 7) is 4.62. The molecule has 0 saturated heterocycles. The number of rotatable bonds is 10. The van der Waals surface area contributed by atoms with Gasteiger partial charge in [-0.1, -0.05) is 6.92 Å². The maximum Gasteiger partial charge on any atom is 0.162 e. The van der Waals surface area contributed by atoms with Gasteiger partial charge in [-0.05, 0) is 25.0 Å². The van der Waals surface area contributed by atoms with Gasteiger partial charge in [0.05, 0.1) is 25.3 Å². The minimum atomic E-state index is 0.672. The molecule has 7 nitrogen and oxygen atoms in total. The molecule has 0 atom stereocenters. The van der Waals surface area contributed by atoms with Crippen molar-refractivity contribution in [2.75, 3.05) is 46.4 Å². The Balaban J connectivity index is 2.16. The third-order valence-electron chi connectivity index (χ3n) is 4.92. The van der Waals surface area contributed by atoms with Crippen molar-refractivity contribution < 1.29 is 14.2 Å². The standard InChI is InChI=1S/C22H30N4O3/c1-6-9-25(2)22-17(21-23-8-11-26(21)10-7-12-27-3)13-16-14-19(28-4)20(29-5)15-18(16)24-22/h8,11,13-15H,6-7,9-10,12H2,1-5H3. The number of pyridine rings is 1. The molecule has 0 aliphatic carbocycles. The van der Waals surface area contributed by atoms with E-state index in [2.05, 4.69) is 34.5 Å². The molecule has 0 spiro atoms. The van der Waals surface area contributed by atoms with Gasteiger partial charge < -0.3 is 23.7 Å². The first-order chi connectivity index (χ1) is 14.1. The van der Waals surface area contributed by atoms with Gasteiger partial charge in [-0.3, -0.25) is 0 Å². The monoisotopic (exact) mass is 398 g/mol. The predicted octanol–water partition coefficient (Wildman–Crippen LogP) is 4.00. The van der Waals surface area contributed by atoms with Crippen molar-refractivity contribution in [3.63, 3.8) is 0 Å². The molecule has 0 unspecified atom stereocenters. The van der Waals surface area contributed by atoms with Crippen LogP contribution in [0.4, 0.5) is 5.82 Å². The summed E-state index contributed by atoms with van der Waals surface area (Å²) in [6.07, 6.45) is 5.80. The first-order valence-electron chi connectivity index (χ1n) is 9.91. The van der Waals surface area contributed by atoms with E-state index in [9.17, 15) is 0 Å². The van der Waals surface area contributed by atoms with Crippen LogP contribution < -0.4 is 14.4 Å². The highest BCUT2D eigenvalue weighted by molar-refractivity contribution is 5.90. The molecule has 0 bridgehead atoms. The molecular formula is C22H30N4O3. The minimum Gasteiger partial charge on any atom is -0.493 e. The number of aromatic nitrogens is 3. The molecule has 1 aromatic carbocycles. The number of anilines is 1. The number of nitrogens with zero attached hydrogens (tertiary/aromatic N) is 4. The van der Waals surface area contributed by atoms with E-state index >= 15 is 0 Å². The Labute approximate surface area is 172 Å². The molecular weight excluding hydrogens is 368 g/mol. The minimum absolute atomic E-state index is 0.672. The van der Waals surface area contributed by atoms with E-state index in [-0.39, 0.29) is 0 Å². The SMILES string of the molecule is CCCN(C)c1nc2cc(OC)c(OC)cc2cc1-c1nccn1CCCOC. The summed E-state index contributed by atoms with van der Waals surface area (Å²) in [7, 11) is 7.07. The lowest BCUT2D eigenvalue weighted by atomic mass is 10.1. The van der Waals surface area contributed by atoms with Crippen LogP contribution in [-0.2, 0) is 11.3 Å². The van der Waals surface area contributed by atoms with Gasteiger partial charge >= 0.3 is 0 Å². The van der Waals surface area contributed by atoms with Crippen molar-refractivity contribution in [2.24, 2.45) is 0 Å². The zero-order valence-electron chi connectivity index (χ0n) is 17.9. The molecule has 156 valence electrons. The lowest BCUT2D eigenvalue weighted by Gasteiger charge is -2.22. The average molecular weight is 399 g/mol. The van der Waals surface area contributed by atoms with Gasteiger partial charge in [-0.25, -0.2) is 9.97 Å². The van der Waals surface area contributed by atoms with E-state index < -0.39 is 0 Å². The fourth-order valence-electron chi connectivity index (χ4n) is 3.50. The topological polar surface area (TPSA) is 61.6 Å². The molecule has 0 amide bonds. The van der Waals surface area contributed by atoms with Gasteiger partial charge in [-0.2, -0.15) is 0 Å². The summed E-state index contributed by atoms with van der Waals surface area (Å²) in [4.78, 5) is 11.8. The Morgan fingerprint density at radius 3 is 2.52 bits per heavy atom. The number of aryl methyl sites for hydroxylation is 1. The molecule has 7 heteroatoms. The quantitative estimate of drug-likeness (QED) is 0.481. The van der Waals surface area contributed by atoms with E-state index in [0.29, 0.717) is 18.1 Å². The highest BCUT2D eigenvalue weighted by Gasteiger charge is 2.18. The van der Waals surface area contributed by atoms with Crippen LogP contribution in [-0.4, -0.2) is 56.1 Å². The van der Waals surface area contributed by atoms with Gasteiger partial charge in [0.15, 0.2) is 11.5 Å². The summed E-state index contributed by atoms with van der Waals surface area (Å²) in [5, 5.41) is 0.984. The first-order valence-corrected chi connectivity index (χ1v) is 9.91. The molecule has 3 rings (SSSR count). The van der Waals surface area contributed by atoms with Crippen LogP contribution in [0.1, 0.15) is 19.8 Å². The van der Waals surface area contributed by atoms with Crippen LogP contribution in [0.15, 0.2) is 30.6 Å². The lowest BCUT2D eigenvalue weighted by molar-refractivity contribution is 0.190. The number of hydrogen-bond acceptors (Lipinski definition) is 6. The lowest BCUT2D eigenvalue weighted by Crippen LogP contribution is -2.20. The molecule has 2 aromatic heterocycles. The third-order valence-corrected chi connectivity index (χ3v) is 4.92. The molecule has 2 heterocycles. The second-order valence-electron chi connectivity index (χ2n) is 6.97. The molecule has 29 heavy (non-hydrogen) atoms. The first kappa shape index (κ1) is 20.9. The van der Waals surface area contributed by atoms with Crippen LogP contribution in [0.2, 0.25) is 0 Å². The molecule has 0 fully saturated rings. The second kappa shape index (κ2) is 9.60. The van der Waals surface area contributed by atoms with E-state index in [1.54, 1.807) is 21.3 Å². The zero-order chi connectivity index (χ0) is 20.8. The Hall–Kier alpha value is -2.80. The molecule has 3 aromatic rings. The van der Waals surface area contributed by atoms with Crippen LogP contribution in [0.3, 0.4) is 0 Å². The highest BCUT2D eigenvalue weighted by Crippen LogP contribution is 2.36. The Morgan fingerprint density at radius 1 is 1.07 bits per heavy atom.